The van der Waals surface area contributed by atoms with Gasteiger partial charge in [-0.1, -0.05) is 0 Å². The highest BCUT2D eigenvalue weighted by Gasteiger charge is 2.52. The van der Waals surface area contributed by atoms with Crippen molar-refractivity contribution in [2.45, 2.75) is 111 Å². The number of guanidine groups is 1. The van der Waals surface area contributed by atoms with Crippen LogP contribution in [0.5, 0.6) is 0 Å². The fourth-order valence-electron chi connectivity index (χ4n) is 5.21. The van der Waals surface area contributed by atoms with Crippen LogP contribution in [0.3, 0.4) is 0 Å². The van der Waals surface area contributed by atoms with Gasteiger partial charge in [0.15, 0.2) is 24.7 Å². The van der Waals surface area contributed by atoms with Crippen molar-refractivity contribution in [3.63, 3.8) is 0 Å². The van der Waals surface area contributed by atoms with E-state index in [0.29, 0.717) is 0 Å². The Hall–Kier alpha value is -1.89. The topological polar surface area (TPSA) is 350 Å². The third-order valence-electron chi connectivity index (χ3n) is 7.73. The molecule has 250 valence electrons. The Morgan fingerprint density at radius 3 is 2.12 bits per heavy atom. The maximum Gasteiger partial charge on any atom is 0.254 e. The van der Waals surface area contributed by atoms with Crippen LogP contribution in [-0.2, 0) is 23.7 Å². The molecule has 3 fully saturated rings. The highest BCUT2D eigenvalue weighted by molar-refractivity contribution is 5.81. The van der Waals surface area contributed by atoms with Gasteiger partial charge in [-0.25, -0.2) is 4.39 Å². The van der Waals surface area contributed by atoms with Gasteiger partial charge in [-0.15, -0.1) is 0 Å². The third-order valence-corrected chi connectivity index (χ3v) is 7.73. The maximum absolute atomic E-state index is 14.6. The monoisotopic (exact) mass is 629 g/mol. The van der Waals surface area contributed by atoms with Crippen LogP contribution in [0.25, 0.3) is 0 Å². The summed E-state index contributed by atoms with van der Waals surface area (Å²) in [5.41, 5.74) is 28.1. The molecule has 18 N–H and O–H groups in total. The molecule has 3 aliphatic rings. The summed E-state index contributed by atoms with van der Waals surface area (Å²) >= 11 is 0. The predicted molar refractivity (Wildman–Crippen MR) is 142 cm³/mol. The first-order valence-electron chi connectivity index (χ1n) is 13.7. The summed E-state index contributed by atoms with van der Waals surface area (Å²) in [7, 11) is 0. The van der Waals surface area contributed by atoms with Crippen LogP contribution in [-0.4, -0.2) is 165 Å². The van der Waals surface area contributed by atoms with Crippen molar-refractivity contribution in [1.82, 2.24) is 5.32 Å². The van der Waals surface area contributed by atoms with Crippen molar-refractivity contribution in [2.24, 2.45) is 33.7 Å². The smallest absolute Gasteiger partial charge is 0.254 e. The molecule has 1 saturated carbocycles. The Morgan fingerprint density at radius 1 is 0.907 bits per heavy atom. The Morgan fingerprint density at radius 2 is 1.51 bits per heavy atom. The number of hydrogen-bond donors (Lipinski definition) is 13. The van der Waals surface area contributed by atoms with Crippen molar-refractivity contribution < 1.29 is 63.9 Å². The SMILES string of the molecule is NC[C@H]1O[C@H](O[C@H]2[C@H](O)[C@@H](O[C@H]3O[C@H](CO)[C@@H](O)[C@H](N)[C@H]3O)[C@H](NC(=O)[C@@H](F)CCN=C(N)N)C[C@@H]2N)[C@H](O)[C@@H](O)[C@@H]1O. The van der Waals surface area contributed by atoms with E-state index in [1.54, 1.807) is 0 Å². The highest BCUT2D eigenvalue weighted by Crippen LogP contribution is 2.32. The second-order valence-electron chi connectivity index (χ2n) is 10.8. The van der Waals surface area contributed by atoms with Crippen LogP contribution in [0.4, 0.5) is 4.39 Å². The van der Waals surface area contributed by atoms with Crippen molar-refractivity contribution in [3.05, 3.63) is 0 Å². The van der Waals surface area contributed by atoms with Gasteiger partial charge in [0, 0.05) is 25.6 Å². The molecule has 2 saturated heterocycles. The average molecular weight is 630 g/mol. The molecule has 2 aliphatic heterocycles. The number of aliphatic imine (C=N–C) groups is 1. The summed E-state index contributed by atoms with van der Waals surface area (Å²) in [6.45, 7) is -1.16. The summed E-state index contributed by atoms with van der Waals surface area (Å²) in [6, 6.07) is -3.70. The molecule has 0 aromatic heterocycles. The van der Waals surface area contributed by atoms with Gasteiger partial charge in [0.05, 0.1) is 18.7 Å². The van der Waals surface area contributed by atoms with E-state index in [1.807, 2.05) is 0 Å². The van der Waals surface area contributed by atoms with Crippen LogP contribution < -0.4 is 34.0 Å². The molecular formula is C23H44FN7O12. The number of halogens is 1. The number of aliphatic hydroxyl groups excluding tert-OH is 7. The first-order valence-corrected chi connectivity index (χ1v) is 13.7. The predicted octanol–water partition coefficient (Wildman–Crippen LogP) is -8.13. The number of ether oxygens (including phenoxy) is 4. The second kappa shape index (κ2) is 15.4. The van der Waals surface area contributed by atoms with Crippen LogP contribution in [0, 0.1) is 0 Å². The van der Waals surface area contributed by atoms with E-state index in [2.05, 4.69) is 10.3 Å². The number of alkyl halides is 1. The third kappa shape index (κ3) is 8.23. The van der Waals surface area contributed by atoms with E-state index in [9.17, 15) is 44.9 Å². The minimum atomic E-state index is -2.09. The number of aliphatic hydroxyl groups is 7. The molecule has 0 unspecified atom stereocenters. The second-order valence-corrected chi connectivity index (χ2v) is 10.8. The van der Waals surface area contributed by atoms with Crippen LogP contribution in [0.2, 0.25) is 0 Å². The van der Waals surface area contributed by atoms with Crippen LogP contribution in [0.15, 0.2) is 4.99 Å². The van der Waals surface area contributed by atoms with Gasteiger partial charge in [0.2, 0.25) is 0 Å². The van der Waals surface area contributed by atoms with Crippen molar-refractivity contribution >= 4 is 11.9 Å². The molecule has 0 aromatic carbocycles. The fourth-order valence-corrected chi connectivity index (χ4v) is 5.21. The van der Waals surface area contributed by atoms with E-state index < -0.39 is 110 Å². The van der Waals surface area contributed by atoms with Crippen molar-refractivity contribution in [2.75, 3.05) is 19.7 Å². The Balaban J connectivity index is 1.83. The number of nitrogens with zero attached hydrogens (tertiary/aromatic N) is 1. The standard InChI is InChI=1S/C23H44FN7O12/c24-6(1-2-30-23(28)29)20(39)31-8-3-7(26)18(42-22-16(37)15(36)13(34)9(4-25)40-22)17(38)19(8)43-21-14(35)11(27)12(33)10(5-32)41-21/h6-19,21-22,32-38H,1-5,25-27H2,(H,31,39)(H4,28,29,30)/t6-,7-,8+,9+,10+,11-,12+,13+,14+,15-,16+,17-,18+,19-,21+,22+/m0/s1. The van der Waals surface area contributed by atoms with Gasteiger partial charge in [-0.3, -0.25) is 9.79 Å². The Labute approximate surface area is 245 Å². The molecular weight excluding hydrogens is 585 g/mol. The molecule has 16 atom stereocenters. The average Bonchev–Trinajstić information content (AvgIpc) is 2.96. The quantitative estimate of drug-likeness (QED) is 0.0745. The highest BCUT2D eigenvalue weighted by atomic mass is 19.1. The molecule has 43 heavy (non-hydrogen) atoms. The first kappa shape index (κ1) is 35.6. The van der Waals surface area contributed by atoms with Crippen LogP contribution in [0.1, 0.15) is 12.8 Å². The fraction of sp³-hybridized carbons (Fsp3) is 0.913. The summed E-state index contributed by atoms with van der Waals surface area (Å²) < 4.78 is 37.1. The van der Waals surface area contributed by atoms with E-state index >= 15 is 0 Å². The number of amides is 1. The van der Waals surface area contributed by atoms with Gasteiger partial charge in [-0.05, 0) is 6.42 Å². The first-order chi connectivity index (χ1) is 20.2. The maximum atomic E-state index is 14.6. The number of carbonyl (C=O) groups is 1. The van der Waals surface area contributed by atoms with Gasteiger partial charge in [0.25, 0.3) is 5.91 Å². The largest absolute Gasteiger partial charge is 0.394 e. The zero-order valence-corrected chi connectivity index (χ0v) is 23.2. The molecule has 0 spiro atoms. The normalized spacial score (nSPS) is 44.4. The molecule has 3 rings (SSSR count). The molecule has 1 amide bonds. The molecule has 0 bridgehead atoms. The molecule has 0 aromatic rings. The number of nitrogens with two attached hydrogens (primary N) is 5. The van der Waals surface area contributed by atoms with E-state index in [4.69, 9.17) is 47.6 Å². The Bertz CT molecular complexity index is 937. The number of rotatable bonds is 11. The number of nitrogens with one attached hydrogen (secondary N) is 1. The molecule has 0 radical (unpaired) electrons. The van der Waals surface area contributed by atoms with Gasteiger partial charge in [0.1, 0.15) is 61.0 Å². The van der Waals surface area contributed by atoms with Gasteiger partial charge >= 0.3 is 0 Å². The summed E-state index contributed by atoms with van der Waals surface area (Å²) in [6.07, 6.45) is -21.4. The summed E-state index contributed by atoms with van der Waals surface area (Å²) in [4.78, 5) is 16.3. The lowest BCUT2D eigenvalue weighted by atomic mass is 9.83. The zero-order chi connectivity index (χ0) is 32.2. The van der Waals surface area contributed by atoms with Gasteiger partial charge < -0.3 is 88.7 Å². The molecule has 20 heteroatoms. The number of carbonyl (C=O) groups excluding carboxylic acids is 1. The van der Waals surface area contributed by atoms with E-state index in [-0.39, 0.29) is 31.9 Å². The van der Waals surface area contributed by atoms with E-state index in [1.165, 1.54) is 0 Å². The minimum Gasteiger partial charge on any atom is -0.394 e. The lowest BCUT2D eigenvalue weighted by Gasteiger charge is -2.48. The molecule has 2 heterocycles. The lowest BCUT2D eigenvalue weighted by molar-refractivity contribution is -0.332. The summed E-state index contributed by atoms with van der Waals surface area (Å²) in [5.74, 6) is -1.42. The minimum absolute atomic E-state index is 0.196. The Kier molecular flexibility index (Phi) is 12.7. The van der Waals surface area contributed by atoms with Crippen molar-refractivity contribution in [1.29, 1.82) is 0 Å². The van der Waals surface area contributed by atoms with Crippen molar-refractivity contribution in [3.8, 4) is 0 Å². The molecule has 19 nitrogen and oxygen atoms in total. The van der Waals surface area contributed by atoms with E-state index in [0.717, 1.165) is 0 Å². The zero-order valence-electron chi connectivity index (χ0n) is 23.2. The lowest BCUT2D eigenvalue weighted by Crippen LogP contribution is -2.69. The van der Waals surface area contributed by atoms with Crippen LogP contribution >= 0.6 is 0 Å². The van der Waals surface area contributed by atoms with Gasteiger partial charge in [-0.2, -0.15) is 0 Å². The molecule has 1 aliphatic carbocycles. The number of hydrogen-bond acceptors (Lipinski definition) is 16. The summed E-state index contributed by atoms with van der Waals surface area (Å²) in [5, 5.41) is 74.9.